The van der Waals surface area contributed by atoms with Gasteiger partial charge < -0.3 is 15.0 Å². The molecule has 1 aromatic heterocycles. The van der Waals surface area contributed by atoms with Crippen LogP contribution in [-0.4, -0.2) is 33.8 Å². The Balaban J connectivity index is 1.75. The fourth-order valence-corrected chi connectivity index (χ4v) is 2.79. The van der Waals surface area contributed by atoms with Crippen LogP contribution in [0.2, 0.25) is 0 Å². The molecule has 7 heteroatoms. The van der Waals surface area contributed by atoms with Crippen molar-refractivity contribution in [2.75, 3.05) is 16.8 Å². The third-order valence-corrected chi connectivity index (χ3v) is 4.29. The minimum absolute atomic E-state index is 0.205. The van der Waals surface area contributed by atoms with E-state index in [-0.39, 0.29) is 12.0 Å². The minimum Gasteiger partial charge on any atom is -0.462 e. The Bertz CT molecular complexity index is 929. The molecular weight excluding hydrogens is 366 g/mol. The van der Waals surface area contributed by atoms with Crippen LogP contribution >= 0.6 is 0 Å². The average Bonchev–Trinajstić information content (AvgIpc) is 2.73. The number of carbonyl (C=O) groups excluding carboxylic acids is 1. The van der Waals surface area contributed by atoms with Gasteiger partial charge in [0.15, 0.2) is 5.82 Å². The first-order valence-corrected chi connectivity index (χ1v) is 9.61. The number of rotatable bonds is 8. The van der Waals surface area contributed by atoms with E-state index in [0.29, 0.717) is 30.5 Å². The Morgan fingerprint density at radius 3 is 2.48 bits per heavy atom. The highest BCUT2D eigenvalue weighted by atomic mass is 16.5. The smallest absolute Gasteiger partial charge is 0.338 e. The number of hydrogen-bond donors (Lipinski definition) is 1. The number of benzene rings is 2. The highest BCUT2D eigenvalue weighted by Gasteiger charge is 2.15. The van der Waals surface area contributed by atoms with E-state index in [4.69, 9.17) is 4.74 Å². The summed E-state index contributed by atoms with van der Waals surface area (Å²) >= 11 is 0. The second kappa shape index (κ2) is 9.64. The molecular formula is C22H25N5O2. The Morgan fingerprint density at radius 2 is 1.83 bits per heavy atom. The zero-order valence-electron chi connectivity index (χ0n) is 16.9. The van der Waals surface area contributed by atoms with E-state index in [1.54, 1.807) is 37.4 Å². The van der Waals surface area contributed by atoms with E-state index in [0.717, 1.165) is 5.69 Å². The highest BCUT2D eigenvalue weighted by molar-refractivity contribution is 5.89. The molecule has 0 saturated heterocycles. The van der Waals surface area contributed by atoms with Crippen LogP contribution in [0.4, 0.5) is 17.5 Å². The van der Waals surface area contributed by atoms with Crippen LogP contribution in [0.15, 0.2) is 60.8 Å². The second-order valence-corrected chi connectivity index (χ2v) is 6.77. The van der Waals surface area contributed by atoms with Gasteiger partial charge in [0.25, 0.3) is 0 Å². The molecule has 0 aliphatic carbocycles. The van der Waals surface area contributed by atoms with E-state index in [1.807, 2.05) is 18.2 Å². The molecule has 1 heterocycles. The molecule has 0 aliphatic rings. The molecule has 2 aromatic carbocycles. The van der Waals surface area contributed by atoms with Gasteiger partial charge in [0, 0.05) is 18.3 Å². The lowest BCUT2D eigenvalue weighted by molar-refractivity contribution is 0.0526. The number of carbonyl (C=O) groups is 1. The van der Waals surface area contributed by atoms with Crippen molar-refractivity contribution in [1.82, 2.24) is 15.2 Å². The van der Waals surface area contributed by atoms with Gasteiger partial charge in [-0.3, -0.25) is 0 Å². The van der Waals surface area contributed by atoms with Gasteiger partial charge in [-0.25, -0.2) is 4.79 Å². The summed E-state index contributed by atoms with van der Waals surface area (Å²) in [6.45, 7) is 7.02. The number of aromatic nitrogens is 3. The van der Waals surface area contributed by atoms with Crippen molar-refractivity contribution < 1.29 is 9.53 Å². The van der Waals surface area contributed by atoms with E-state index in [9.17, 15) is 4.79 Å². The molecule has 150 valence electrons. The molecule has 1 N–H and O–H groups in total. The Labute approximate surface area is 170 Å². The summed E-state index contributed by atoms with van der Waals surface area (Å²) in [5, 5.41) is 11.5. The maximum atomic E-state index is 11.8. The van der Waals surface area contributed by atoms with E-state index >= 15 is 0 Å². The molecule has 0 aliphatic heterocycles. The average molecular weight is 391 g/mol. The highest BCUT2D eigenvalue weighted by Crippen LogP contribution is 2.19. The summed E-state index contributed by atoms with van der Waals surface area (Å²) in [7, 11) is 0. The van der Waals surface area contributed by atoms with Gasteiger partial charge in [-0.1, -0.05) is 30.3 Å². The largest absolute Gasteiger partial charge is 0.462 e. The first kappa shape index (κ1) is 20.3. The lowest BCUT2D eigenvalue weighted by Gasteiger charge is -2.26. The first-order chi connectivity index (χ1) is 14.1. The third-order valence-electron chi connectivity index (χ3n) is 4.29. The van der Waals surface area contributed by atoms with Crippen molar-refractivity contribution >= 4 is 23.4 Å². The number of nitrogens with zero attached hydrogens (tertiary/aromatic N) is 4. The minimum atomic E-state index is -0.335. The van der Waals surface area contributed by atoms with Crippen LogP contribution in [0.25, 0.3) is 0 Å². The Hall–Kier alpha value is -3.48. The molecule has 0 saturated carbocycles. The number of anilines is 3. The van der Waals surface area contributed by atoms with Crippen molar-refractivity contribution in [3.8, 4) is 0 Å². The second-order valence-electron chi connectivity index (χ2n) is 6.77. The summed E-state index contributed by atoms with van der Waals surface area (Å²) in [4.78, 5) is 18.5. The van der Waals surface area contributed by atoms with E-state index < -0.39 is 0 Å². The van der Waals surface area contributed by atoms with Crippen molar-refractivity contribution in [1.29, 1.82) is 0 Å². The Kier molecular flexibility index (Phi) is 6.73. The predicted molar refractivity (Wildman–Crippen MR) is 113 cm³/mol. The van der Waals surface area contributed by atoms with Crippen LogP contribution in [0.1, 0.15) is 36.7 Å². The molecule has 0 unspecified atom stereocenters. The van der Waals surface area contributed by atoms with Gasteiger partial charge in [0.1, 0.15) is 0 Å². The maximum absolute atomic E-state index is 11.8. The summed E-state index contributed by atoms with van der Waals surface area (Å²) in [5.74, 6) is 0.799. The first-order valence-electron chi connectivity index (χ1n) is 9.61. The molecule has 0 fully saturated rings. The fourth-order valence-electron chi connectivity index (χ4n) is 2.79. The molecule has 3 rings (SSSR count). The summed E-state index contributed by atoms with van der Waals surface area (Å²) in [6.07, 6.45) is 1.57. The quantitative estimate of drug-likeness (QED) is 0.576. The van der Waals surface area contributed by atoms with Crippen molar-refractivity contribution in [3.05, 3.63) is 71.9 Å². The van der Waals surface area contributed by atoms with Gasteiger partial charge in [-0.2, -0.15) is 10.1 Å². The van der Waals surface area contributed by atoms with E-state index in [1.165, 1.54) is 5.56 Å². The summed E-state index contributed by atoms with van der Waals surface area (Å²) in [6, 6.07) is 17.4. The molecule has 3 aromatic rings. The zero-order chi connectivity index (χ0) is 20.6. The van der Waals surface area contributed by atoms with Gasteiger partial charge in [-0.05, 0) is 50.6 Å². The summed E-state index contributed by atoms with van der Waals surface area (Å²) < 4.78 is 5.00. The van der Waals surface area contributed by atoms with E-state index in [2.05, 4.69) is 51.4 Å². The summed E-state index contributed by atoms with van der Waals surface area (Å²) in [5.41, 5.74) is 2.48. The lowest BCUT2D eigenvalue weighted by atomic mass is 10.2. The van der Waals surface area contributed by atoms with Crippen molar-refractivity contribution in [2.24, 2.45) is 0 Å². The van der Waals surface area contributed by atoms with Gasteiger partial charge in [0.2, 0.25) is 5.95 Å². The monoisotopic (exact) mass is 391 g/mol. The van der Waals surface area contributed by atoms with Crippen LogP contribution in [0, 0.1) is 0 Å². The van der Waals surface area contributed by atoms with Crippen LogP contribution in [0.5, 0.6) is 0 Å². The standard InChI is InChI=1S/C22H25N5O2/c1-4-29-21(28)18-10-12-19(13-11-18)24-20-14-23-26-22(25-20)27(16(2)3)15-17-8-6-5-7-9-17/h5-14,16H,4,15H2,1-3H3,(H,24,25,26). The van der Waals surface area contributed by atoms with Crippen LogP contribution < -0.4 is 10.2 Å². The molecule has 0 bridgehead atoms. The van der Waals surface area contributed by atoms with Crippen molar-refractivity contribution in [3.63, 3.8) is 0 Å². The van der Waals surface area contributed by atoms with Gasteiger partial charge >= 0.3 is 5.97 Å². The Morgan fingerprint density at radius 1 is 1.10 bits per heavy atom. The lowest BCUT2D eigenvalue weighted by Crippen LogP contribution is -2.32. The topological polar surface area (TPSA) is 80.2 Å². The van der Waals surface area contributed by atoms with Crippen molar-refractivity contribution in [2.45, 2.75) is 33.4 Å². The third kappa shape index (κ3) is 5.51. The SMILES string of the molecule is CCOC(=O)c1ccc(Nc2cnnc(N(Cc3ccccc3)C(C)C)n2)cc1. The molecule has 29 heavy (non-hydrogen) atoms. The number of esters is 1. The normalized spacial score (nSPS) is 10.6. The zero-order valence-corrected chi connectivity index (χ0v) is 16.9. The molecule has 7 nitrogen and oxygen atoms in total. The number of ether oxygens (including phenoxy) is 1. The molecule has 0 radical (unpaired) electrons. The number of nitrogens with one attached hydrogen (secondary N) is 1. The predicted octanol–water partition coefficient (Wildman–Crippen LogP) is 4.21. The molecule has 0 atom stereocenters. The molecule has 0 spiro atoms. The van der Waals surface area contributed by atoms with Gasteiger partial charge in [0.05, 0.1) is 18.4 Å². The maximum Gasteiger partial charge on any atom is 0.338 e. The molecule has 0 amide bonds. The number of hydrogen-bond acceptors (Lipinski definition) is 7. The van der Waals surface area contributed by atoms with Gasteiger partial charge in [-0.15, -0.1) is 5.10 Å². The van der Waals surface area contributed by atoms with Crippen LogP contribution in [0.3, 0.4) is 0 Å². The fraction of sp³-hybridized carbons (Fsp3) is 0.273. The van der Waals surface area contributed by atoms with Crippen LogP contribution in [-0.2, 0) is 11.3 Å².